The molecule has 18 heavy (non-hydrogen) atoms. The average molecular weight is 244 g/mol. The van der Waals surface area contributed by atoms with E-state index in [1.807, 2.05) is 0 Å². The summed E-state index contributed by atoms with van der Waals surface area (Å²) in [6.45, 7) is 0. The lowest BCUT2D eigenvalue weighted by Gasteiger charge is -2.04. The monoisotopic (exact) mass is 244 g/mol. The van der Waals surface area contributed by atoms with Gasteiger partial charge in [0, 0.05) is 0 Å². The molecule has 0 saturated carbocycles. The van der Waals surface area contributed by atoms with Crippen LogP contribution in [0.1, 0.15) is 10.5 Å². The van der Waals surface area contributed by atoms with Gasteiger partial charge in [-0.25, -0.2) is 19.7 Å². The Hall–Kier alpha value is -2.70. The first-order valence-corrected chi connectivity index (χ1v) is 5.11. The topological polar surface area (TPSA) is 89.6 Å². The van der Waals surface area contributed by atoms with Crippen molar-refractivity contribution in [1.82, 2.24) is 19.4 Å². The number of carbonyl (C=O) groups is 1. The van der Waals surface area contributed by atoms with Gasteiger partial charge in [-0.05, 0) is 12.1 Å². The van der Waals surface area contributed by atoms with Crippen molar-refractivity contribution in [2.75, 3.05) is 7.11 Å². The molecule has 7 nitrogen and oxygen atoms in total. The summed E-state index contributed by atoms with van der Waals surface area (Å²) in [7, 11) is 1.29. The van der Waals surface area contributed by atoms with Crippen molar-refractivity contribution in [3.05, 3.63) is 30.4 Å². The molecule has 0 aliphatic rings. The SMILES string of the molecule is COC(=O)c1ccc2nc(O)c3cncn3c2n1. The zero-order valence-electron chi connectivity index (χ0n) is 9.36. The van der Waals surface area contributed by atoms with Crippen LogP contribution in [0.15, 0.2) is 24.7 Å². The van der Waals surface area contributed by atoms with Gasteiger partial charge in [0.05, 0.1) is 13.3 Å². The molecule has 0 amide bonds. The van der Waals surface area contributed by atoms with E-state index in [4.69, 9.17) is 0 Å². The summed E-state index contributed by atoms with van der Waals surface area (Å²) in [6, 6.07) is 3.08. The maximum absolute atomic E-state index is 11.4. The molecule has 0 fully saturated rings. The van der Waals surface area contributed by atoms with Gasteiger partial charge in [0.25, 0.3) is 0 Å². The van der Waals surface area contributed by atoms with Gasteiger partial charge >= 0.3 is 5.97 Å². The van der Waals surface area contributed by atoms with E-state index in [1.165, 1.54) is 25.7 Å². The van der Waals surface area contributed by atoms with E-state index in [1.54, 1.807) is 10.5 Å². The fourth-order valence-electron chi connectivity index (χ4n) is 1.72. The second kappa shape index (κ2) is 3.66. The van der Waals surface area contributed by atoms with E-state index in [0.29, 0.717) is 16.7 Å². The minimum absolute atomic E-state index is 0.132. The van der Waals surface area contributed by atoms with Crippen LogP contribution in [0.4, 0.5) is 0 Å². The molecule has 0 aromatic carbocycles. The lowest BCUT2D eigenvalue weighted by Crippen LogP contribution is -2.05. The maximum Gasteiger partial charge on any atom is 0.356 e. The number of esters is 1. The van der Waals surface area contributed by atoms with Crippen LogP contribution in [0, 0.1) is 0 Å². The molecule has 0 aliphatic carbocycles. The van der Waals surface area contributed by atoms with Crippen LogP contribution in [0.3, 0.4) is 0 Å². The smallest absolute Gasteiger partial charge is 0.356 e. The predicted molar refractivity (Wildman–Crippen MR) is 61.3 cm³/mol. The number of carbonyl (C=O) groups excluding carboxylic acids is 1. The summed E-state index contributed by atoms with van der Waals surface area (Å²) in [5.41, 5.74) is 1.50. The fourth-order valence-corrected chi connectivity index (χ4v) is 1.72. The number of hydrogen-bond acceptors (Lipinski definition) is 6. The van der Waals surface area contributed by atoms with Gasteiger partial charge < -0.3 is 9.84 Å². The van der Waals surface area contributed by atoms with Crippen molar-refractivity contribution in [3.8, 4) is 5.88 Å². The Morgan fingerprint density at radius 2 is 2.22 bits per heavy atom. The van der Waals surface area contributed by atoms with Gasteiger partial charge in [-0.1, -0.05) is 0 Å². The van der Waals surface area contributed by atoms with Crippen molar-refractivity contribution in [3.63, 3.8) is 0 Å². The minimum Gasteiger partial charge on any atom is -0.492 e. The number of hydrogen-bond donors (Lipinski definition) is 1. The third-order valence-electron chi connectivity index (χ3n) is 2.57. The number of ether oxygens (including phenoxy) is 1. The van der Waals surface area contributed by atoms with Gasteiger partial charge in [-0.2, -0.15) is 0 Å². The van der Waals surface area contributed by atoms with Crippen molar-refractivity contribution in [2.24, 2.45) is 0 Å². The second-order valence-corrected chi connectivity index (χ2v) is 3.62. The molecule has 3 heterocycles. The number of fused-ring (bicyclic) bond motifs is 3. The molecule has 90 valence electrons. The number of nitrogens with zero attached hydrogens (tertiary/aromatic N) is 4. The molecule has 7 heteroatoms. The Kier molecular flexibility index (Phi) is 2.12. The molecule has 1 N–H and O–H groups in total. The van der Waals surface area contributed by atoms with Gasteiger partial charge in [0.2, 0.25) is 5.88 Å². The molecule has 0 saturated heterocycles. The Labute approximate surface area is 101 Å². The molecular weight excluding hydrogens is 236 g/mol. The van der Waals surface area contributed by atoms with E-state index in [9.17, 15) is 9.90 Å². The van der Waals surface area contributed by atoms with E-state index < -0.39 is 5.97 Å². The molecule has 3 aromatic rings. The van der Waals surface area contributed by atoms with Crippen LogP contribution in [-0.4, -0.2) is 37.5 Å². The molecule has 3 aromatic heterocycles. The first kappa shape index (κ1) is 10.5. The van der Waals surface area contributed by atoms with Crippen LogP contribution in [0.2, 0.25) is 0 Å². The van der Waals surface area contributed by atoms with Crippen LogP contribution >= 0.6 is 0 Å². The normalized spacial score (nSPS) is 10.9. The number of methoxy groups -OCH3 is 1. The molecule has 0 aliphatic heterocycles. The highest BCUT2D eigenvalue weighted by Crippen LogP contribution is 2.20. The summed E-state index contributed by atoms with van der Waals surface area (Å²) in [5, 5.41) is 9.69. The van der Waals surface area contributed by atoms with E-state index in [0.717, 1.165) is 0 Å². The molecular formula is C11H8N4O3. The van der Waals surface area contributed by atoms with Gasteiger partial charge in [-0.3, -0.25) is 4.40 Å². The van der Waals surface area contributed by atoms with Crippen molar-refractivity contribution < 1.29 is 14.6 Å². The van der Waals surface area contributed by atoms with Gasteiger partial charge in [-0.15, -0.1) is 0 Å². The third kappa shape index (κ3) is 1.37. The number of pyridine rings is 1. The maximum atomic E-state index is 11.4. The Morgan fingerprint density at radius 3 is 3.00 bits per heavy atom. The molecule has 3 rings (SSSR count). The van der Waals surface area contributed by atoms with Crippen LogP contribution in [-0.2, 0) is 4.74 Å². The average Bonchev–Trinajstić information content (AvgIpc) is 2.88. The van der Waals surface area contributed by atoms with E-state index >= 15 is 0 Å². The number of aromatic hydroxyl groups is 1. The molecule has 0 unspecified atom stereocenters. The molecule has 0 bridgehead atoms. The number of aromatic nitrogens is 4. The predicted octanol–water partition coefficient (Wildman–Crippen LogP) is 0.770. The van der Waals surface area contributed by atoms with Crippen molar-refractivity contribution in [1.29, 1.82) is 0 Å². The zero-order chi connectivity index (χ0) is 12.7. The summed E-state index contributed by atoms with van der Waals surface area (Å²) in [5.74, 6) is -0.661. The highest BCUT2D eigenvalue weighted by atomic mass is 16.5. The quantitative estimate of drug-likeness (QED) is 0.636. The lowest BCUT2D eigenvalue weighted by atomic mass is 10.3. The number of rotatable bonds is 1. The largest absolute Gasteiger partial charge is 0.492 e. The third-order valence-corrected chi connectivity index (χ3v) is 2.57. The highest BCUT2D eigenvalue weighted by Gasteiger charge is 2.12. The molecule has 0 atom stereocenters. The van der Waals surface area contributed by atoms with Gasteiger partial charge in [0.1, 0.15) is 17.4 Å². The Bertz CT molecular complexity index is 765. The zero-order valence-corrected chi connectivity index (χ0v) is 9.36. The first-order chi connectivity index (χ1) is 8.70. The molecule has 0 radical (unpaired) electrons. The summed E-state index contributed by atoms with van der Waals surface area (Å²) in [4.78, 5) is 23.5. The summed E-state index contributed by atoms with van der Waals surface area (Å²) in [6.07, 6.45) is 2.96. The summed E-state index contributed by atoms with van der Waals surface area (Å²) >= 11 is 0. The van der Waals surface area contributed by atoms with E-state index in [2.05, 4.69) is 19.7 Å². The Morgan fingerprint density at radius 1 is 1.39 bits per heavy atom. The first-order valence-electron chi connectivity index (χ1n) is 5.11. The Balaban J connectivity index is 2.38. The van der Waals surface area contributed by atoms with Crippen molar-refractivity contribution >= 4 is 22.6 Å². The van der Waals surface area contributed by atoms with E-state index in [-0.39, 0.29) is 11.6 Å². The van der Waals surface area contributed by atoms with Crippen LogP contribution in [0.25, 0.3) is 16.7 Å². The standard InChI is InChI=1S/C11H8N4O3/c1-18-11(17)7-3-2-6-9(13-7)15-5-12-4-8(15)10(16)14-6/h2-5H,1H3,(H,14,16). The van der Waals surface area contributed by atoms with Crippen molar-refractivity contribution in [2.45, 2.75) is 0 Å². The lowest BCUT2D eigenvalue weighted by molar-refractivity contribution is 0.0594. The number of imidazole rings is 1. The fraction of sp³-hybridized carbons (Fsp3) is 0.0909. The van der Waals surface area contributed by atoms with Crippen LogP contribution < -0.4 is 0 Å². The highest BCUT2D eigenvalue weighted by molar-refractivity contribution is 5.90. The van der Waals surface area contributed by atoms with Crippen LogP contribution in [0.5, 0.6) is 5.88 Å². The second-order valence-electron chi connectivity index (χ2n) is 3.62. The minimum atomic E-state index is -0.529. The van der Waals surface area contributed by atoms with Gasteiger partial charge in [0.15, 0.2) is 11.3 Å². The molecule has 0 spiro atoms. The summed E-state index contributed by atoms with van der Waals surface area (Å²) < 4.78 is 6.17.